The number of hydrogen-bond acceptors (Lipinski definition) is 2. The second-order valence-corrected chi connectivity index (χ2v) is 2.06. The molecule has 0 amide bonds. The van der Waals surface area contributed by atoms with Crippen LogP contribution in [0.4, 0.5) is 0 Å². The number of hydrogen-bond donors (Lipinski definition) is 2. The van der Waals surface area contributed by atoms with Crippen molar-refractivity contribution in [2.24, 2.45) is 0 Å². The average molecular weight is 170 g/mol. The summed E-state index contributed by atoms with van der Waals surface area (Å²) in [7, 11) is 0. The number of carboxylic acids is 2. The van der Waals surface area contributed by atoms with Gasteiger partial charge in [-0.3, -0.25) is 4.79 Å². The monoisotopic (exact) mass is 170 g/mol. The molecule has 66 valence electrons. The van der Waals surface area contributed by atoms with Gasteiger partial charge in [-0.25, -0.2) is 4.79 Å². The Kier molecular flexibility index (Phi) is 5.34. The van der Waals surface area contributed by atoms with Gasteiger partial charge >= 0.3 is 11.9 Å². The van der Waals surface area contributed by atoms with Crippen LogP contribution in [0.15, 0.2) is 24.3 Å². The summed E-state index contributed by atoms with van der Waals surface area (Å²) in [5.41, 5.74) is 0. The average Bonchev–Trinajstić information content (AvgIpc) is 1.95. The molecule has 0 fully saturated rings. The van der Waals surface area contributed by atoms with Gasteiger partial charge in [-0.2, -0.15) is 0 Å². The van der Waals surface area contributed by atoms with Crippen LogP contribution in [0.1, 0.15) is 12.8 Å². The molecule has 4 nitrogen and oxygen atoms in total. The number of rotatable bonds is 5. The Balaban J connectivity index is 3.50. The standard InChI is InChI=1S/C8H10O4/c9-7(10)5-3-1-2-4-6-8(11)12/h1-3,5H,4,6H2,(H,9,10)(H,11,12)/b2-1+,5-3+. The Hall–Kier alpha value is -1.58. The lowest BCUT2D eigenvalue weighted by molar-refractivity contribution is -0.137. The molecule has 0 aromatic heterocycles. The van der Waals surface area contributed by atoms with Crippen molar-refractivity contribution in [3.05, 3.63) is 24.3 Å². The first-order valence-electron chi connectivity index (χ1n) is 3.41. The molecule has 4 heteroatoms. The lowest BCUT2D eigenvalue weighted by Crippen LogP contribution is -1.91. The molecule has 0 saturated heterocycles. The van der Waals surface area contributed by atoms with Crippen molar-refractivity contribution < 1.29 is 19.8 Å². The maximum atomic E-state index is 9.99. The van der Waals surface area contributed by atoms with E-state index in [1.165, 1.54) is 12.2 Å². The smallest absolute Gasteiger partial charge is 0.328 e. The summed E-state index contributed by atoms with van der Waals surface area (Å²) in [4.78, 5) is 19.9. The molecule has 0 rings (SSSR count). The van der Waals surface area contributed by atoms with Gasteiger partial charge < -0.3 is 10.2 Å². The Morgan fingerprint density at radius 1 is 1.17 bits per heavy atom. The molecule has 0 atom stereocenters. The molecular weight excluding hydrogens is 160 g/mol. The van der Waals surface area contributed by atoms with Crippen LogP contribution in [0.25, 0.3) is 0 Å². The van der Waals surface area contributed by atoms with Crippen LogP contribution in [0.3, 0.4) is 0 Å². The summed E-state index contributed by atoms with van der Waals surface area (Å²) in [5.74, 6) is -1.88. The van der Waals surface area contributed by atoms with E-state index in [0.29, 0.717) is 6.42 Å². The molecule has 0 saturated carbocycles. The summed E-state index contributed by atoms with van der Waals surface area (Å²) in [6.45, 7) is 0. The van der Waals surface area contributed by atoms with E-state index in [9.17, 15) is 9.59 Å². The fourth-order valence-corrected chi connectivity index (χ4v) is 0.519. The van der Waals surface area contributed by atoms with Crippen LogP contribution in [-0.4, -0.2) is 22.2 Å². The summed E-state index contributed by atoms with van der Waals surface area (Å²) >= 11 is 0. The second kappa shape index (κ2) is 6.15. The highest BCUT2D eigenvalue weighted by atomic mass is 16.4. The minimum absolute atomic E-state index is 0.0669. The van der Waals surface area contributed by atoms with E-state index in [-0.39, 0.29) is 6.42 Å². The summed E-state index contributed by atoms with van der Waals surface area (Å²) in [6.07, 6.45) is 5.93. The molecule has 0 aliphatic rings. The largest absolute Gasteiger partial charge is 0.481 e. The van der Waals surface area contributed by atoms with Crippen molar-refractivity contribution in [1.82, 2.24) is 0 Å². The zero-order valence-corrected chi connectivity index (χ0v) is 6.43. The highest BCUT2D eigenvalue weighted by Crippen LogP contribution is 1.90. The van der Waals surface area contributed by atoms with Gasteiger partial charge in [0.1, 0.15) is 0 Å². The van der Waals surface area contributed by atoms with Crippen molar-refractivity contribution in [2.75, 3.05) is 0 Å². The summed E-state index contributed by atoms with van der Waals surface area (Å²) in [5, 5.41) is 16.4. The Morgan fingerprint density at radius 3 is 2.33 bits per heavy atom. The summed E-state index contributed by atoms with van der Waals surface area (Å²) < 4.78 is 0. The topological polar surface area (TPSA) is 74.6 Å². The molecular formula is C8H10O4. The fraction of sp³-hybridized carbons (Fsp3) is 0.250. The molecule has 0 heterocycles. The lowest BCUT2D eigenvalue weighted by Gasteiger charge is -1.84. The van der Waals surface area contributed by atoms with Crippen LogP contribution in [0, 0.1) is 0 Å². The molecule has 0 spiro atoms. The van der Waals surface area contributed by atoms with E-state index in [1.807, 2.05) is 0 Å². The molecule has 0 aliphatic carbocycles. The van der Waals surface area contributed by atoms with Crippen molar-refractivity contribution in [1.29, 1.82) is 0 Å². The predicted molar refractivity (Wildman–Crippen MR) is 42.8 cm³/mol. The highest BCUT2D eigenvalue weighted by Gasteiger charge is 1.90. The van der Waals surface area contributed by atoms with Gasteiger partial charge in [0, 0.05) is 12.5 Å². The van der Waals surface area contributed by atoms with Gasteiger partial charge in [-0.05, 0) is 6.42 Å². The van der Waals surface area contributed by atoms with E-state index >= 15 is 0 Å². The molecule has 12 heavy (non-hydrogen) atoms. The Labute approximate surface area is 69.8 Å². The molecule has 0 aromatic rings. The van der Waals surface area contributed by atoms with Crippen molar-refractivity contribution >= 4 is 11.9 Å². The van der Waals surface area contributed by atoms with Gasteiger partial charge in [0.05, 0.1) is 0 Å². The van der Waals surface area contributed by atoms with E-state index in [4.69, 9.17) is 10.2 Å². The third-order valence-electron chi connectivity index (χ3n) is 1.01. The number of carbonyl (C=O) groups is 2. The van der Waals surface area contributed by atoms with E-state index in [1.54, 1.807) is 6.08 Å². The fourth-order valence-electron chi connectivity index (χ4n) is 0.519. The van der Waals surface area contributed by atoms with Crippen molar-refractivity contribution in [2.45, 2.75) is 12.8 Å². The first-order chi connectivity index (χ1) is 5.63. The van der Waals surface area contributed by atoms with Gasteiger partial charge in [0.25, 0.3) is 0 Å². The first-order valence-corrected chi connectivity index (χ1v) is 3.41. The van der Waals surface area contributed by atoms with Gasteiger partial charge in [0.2, 0.25) is 0 Å². The molecule has 0 radical (unpaired) electrons. The number of aliphatic carboxylic acids is 2. The van der Waals surface area contributed by atoms with Crippen LogP contribution < -0.4 is 0 Å². The zero-order chi connectivity index (χ0) is 9.40. The van der Waals surface area contributed by atoms with Crippen LogP contribution >= 0.6 is 0 Å². The molecule has 2 N–H and O–H groups in total. The quantitative estimate of drug-likeness (QED) is 0.477. The lowest BCUT2D eigenvalue weighted by atomic mass is 10.3. The molecule has 0 aliphatic heterocycles. The van der Waals surface area contributed by atoms with Crippen LogP contribution in [0.5, 0.6) is 0 Å². The maximum Gasteiger partial charge on any atom is 0.328 e. The normalized spacial score (nSPS) is 11.0. The SMILES string of the molecule is O=C(O)/C=C/C=C/CCC(=O)O. The second-order valence-electron chi connectivity index (χ2n) is 2.06. The number of carboxylic acid groups (broad SMARTS) is 2. The third-order valence-corrected chi connectivity index (χ3v) is 1.01. The molecule has 0 bridgehead atoms. The Morgan fingerprint density at radius 2 is 1.83 bits per heavy atom. The summed E-state index contributed by atoms with van der Waals surface area (Å²) in [6, 6.07) is 0. The molecule has 0 aromatic carbocycles. The highest BCUT2D eigenvalue weighted by molar-refractivity contribution is 5.80. The Bertz CT molecular complexity index is 215. The minimum Gasteiger partial charge on any atom is -0.481 e. The number of allylic oxidation sites excluding steroid dienone is 3. The third kappa shape index (κ3) is 8.42. The van der Waals surface area contributed by atoms with Crippen molar-refractivity contribution in [3.8, 4) is 0 Å². The predicted octanol–water partition coefficient (Wildman–Crippen LogP) is 1.05. The van der Waals surface area contributed by atoms with Crippen LogP contribution in [-0.2, 0) is 9.59 Å². The van der Waals surface area contributed by atoms with E-state index in [2.05, 4.69) is 0 Å². The van der Waals surface area contributed by atoms with E-state index < -0.39 is 11.9 Å². The zero-order valence-electron chi connectivity index (χ0n) is 6.43. The minimum atomic E-state index is -1.02. The van der Waals surface area contributed by atoms with Gasteiger partial charge in [-0.1, -0.05) is 18.2 Å². The van der Waals surface area contributed by atoms with Crippen LogP contribution in [0.2, 0.25) is 0 Å². The van der Waals surface area contributed by atoms with Gasteiger partial charge in [0.15, 0.2) is 0 Å². The van der Waals surface area contributed by atoms with Gasteiger partial charge in [-0.15, -0.1) is 0 Å². The molecule has 0 unspecified atom stereocenters. The van der Waals surface area contributed by atoms with E-state index in [0.717, 1.165) is 6.08 Å². The maximum absolute atomic E-state index is 9.99. The van der Waals surface area contributed by atoms with Crippen molar-refractivity contribution in [3.63, 3.8) is 0 Å². The first kappa shape index (κ1) is 10.4.